The van der Waals surface area contributed by atoms with Crippen LogP contribution >= 0.6 is 22.6 Å². The number of carbonyl (C=O) groups excluding carboxylic acids is 2. The molecule has 9 nitrogen and oxygen atoms in total. The van der Waals surface area contributed by atoms with E-state index in [2.05, 4.69) is 38.0 Å². The lowest BCUT2D eigenvalue weighted by Crippen LogP contribution is -2.66. The van der Waals surface area contributed by atoms with Crippen molar-refractivity contribution in [3.63, 3.8) is 0 Å². The van der Waals surface area contributed by atoms with Crippen molar-refractivity contribution >= 4 is 40.3 Å². The molecular formula is C21H31IN2O7. The number of amides is 2. The van der Waals surface area contributed by atoms with E-state index in [1.807, 2.05) is 6.07 Å². The average molecular weight is 550 g/mol. The number of alkyl carbamates (subject to hydrolysis) is 1. The first-order valence-corrected chi connectivity index (χ1v) is 11.4. The summed E-state index contributed by atoms with van der Waals surface area (Å²) in [4.78, 5) is 25.3. The van der Waals surface area contributed by atoms with E-state index >= 15 is 0 Å². The Morgan fingerprint density at radius 3 is 2.45 bits per heavy atom. The molecule has 10 heteroatoms. The van der Waals surface area contributed by atoms with Crippen molar-refractivity contribution in [2.75, 3.05) is 37.4 Å². The Morgan fingerprint density at radius 2 is 1.94 bits per heavy atom. The number of fused-ring (bicyclic) bond motifs is 2. The molecule has 2 aliphatic heterocycles. The standard InChI is InChI=1S/C18H24N2O6.C3H7IO/c1-10(23-5)18(20-16(22)26-17(2,3)4)8-11-6-13-14(25-9-24-13)7-12(11)19-15(18)21;1-5-3-2-4/h6-7,10H,8-9H2,1-5H3,(H,19,21)(H,20,22);2-3H2,1H3. The Hall–Kier alpha value is -1.79. The number of alkyl halides is 1. The second kappa shape index (κ2) is 10.7. The maximum absolute atomic E-state index is 12.9. The Labute approximate surface area is 196 Å². The minimum Gasteiger partial charge on any atom is -0.454 e. The molecule has 0 radical (unpaired) electrons. The van der Waals surface area contributed by atoms with Gasteiger partial charge in [0.25, 0.3) is 5.91 Å². The van der Waals surface area contributed by atoms with Crippen LogP contribution in [-0.2, 0) is 25.4 Å². The lowest BCUT2D eigenvalue weighted by molar-refractivity contribution is -0.128. The van der Waals surface area contributed by atoms with Crippen LogP contribution in [0.1, 0.15) is 33.3 Å². The van der Waals surface area contributed by atoms with Gasteiger partial charge in [0.2, 0.25) is 6.79 Å². The summed E-state index contributed by atoms with van der Waals surface area (Å²) in [6.45, 7) is 8.03. The van der Waals surface area contributed by atoms with Crippen LogP contribution < -0.4 is 20.1 Å². The van der Waals surface area contributed by atoms with E-state index in [4.69, 9.17) is 18.9 Å². The lowest BCUT2D eigenvalue weighted by Gasteiger charge is -2.41. The van der Waals surface area contributed by atoms with Crippen LogP contribution in [0.2, 0.25) is 0 Å². The van der Waals surface area contributed by atoms with Gasteiger partial charge in [-0.1, -0.05) is 22.6 Å². The molecule has 0 spiro atoms. The third-order valence-electron chi connectivity index (χ3n) is 4.77. The summed E-state index contributed by atoms with van der Waals surface area (Å²) in [5.41, 5.74) is -0.549. The van der Waals surface area contributed by atoms with E-state index in [1.54, 1.807) is 40.9 Å². The fraction of sp³-hybridized carbons (Fsp3) is 0.619. The van der Waals surface area contributed by atoms with Crippen LogP contribution in [0.25, 0.3) is 0 Å². The lowest BCUT2D eigenvalue weighted by atomic mass is 9.81. The molecule has 0 saturated carbocycles. The number of rotatable bonds is 5. The van der Waals surface area contributed by atoms with Crippen LogP contribution in [0, 0.1) is 0 Å². The summed E-state index contributed by atoms with van der Waals surface area (Å²) in [5.74, 6) is 0.816. The number of methoxy groups -OCH3 is 2. The molecule has 174 valence electrons. The van der Waals surface area contributed by atoms with Crippen LogP contribution in [-0.4, -0.2) is 61.3 Å². The highest BCUT2D eigenvalue weighted by atomic mass is 127. The van der Waals surface area contributed by atoms with Gasteiger partial charge in [0.1, 0.15) is 5.60 Å². The molecule has 2 atom stereocenters. The fourth-order valence-corrected chi connectivity index (χ4v) is 3.60. The Balaban J connectivity index is 0.000000614. The van der Waals surface area contributed by atoms with Gasteiger partial charge >= 0.3 is 6.09 Å². The number of ether oxygens (including phenoxy) is 5. The van der Waals surface area contributed by atoms with Gasteiger partial charge in [0.15, 0.2) is 17.0 Å². The number of anilines is 1. The summed E-state index contributed by atoms with van der Waals surface area (Å²) >= 11 is 2.26. The van der Waals surface area contributed by atoms with Gasteiger partial charge in [0, 0.05) is 36.8 Å². The van der Waals surface area contributed by atoms with Crippen molar-refractivity contribution in [2.24, 2.45) is 0 Å². The largest absolute Gasteiger partial charge is 0.454 e. The van der Waals surface area contributed by atoms with E-state index < -0.39 is 23.3 Å². The molecule has 2 N–H and O–H groups in total. The number of nitrogens with one attached hydrogen (secondary N) is 2. The molecule has 2 heterocycles. The molecule has 0 saturated heterocycles. The zero-order valence-electron chi connectivity index (χ0n) is 18.8. The van der Waals surface area contributed by atoms with Gasteiger partial charge in [-0.15, -0.1) is 0 Å². The van der Waals surface area contributed by atoms with E-state index in [-0.39, 0.29) is 19.1 Å². The highest BCUT2D eigenvalue weighted by molar-refractivity contribution is 14.1. The molecule has 2 unspecified atom stereocenters. The maximum Gasteiger partial charge on any atom is 0.408 e. The molecule has 0 bridgehead atoms. The molecular weight excluding hydrogens is 519 g/mol. The summed E-state index contributed by atoms with van der Waals surface area (Å²) in [6, 6.07) is 3.54. The molecule has 1 aromatic rings. The predicted molar refractivity (Wildman–Crippen MR) is 124 cm³/mol. The van der Waals surface area contributed by atoms with Crippen LogP contribution in [0.15, 0.2) is 12.1 Å². The molecule has 3 rings (SSSR count). The van der Waals surface area contributed by atoms with Gasteiger partial charge in [-0.2, -0.15) is 0 Å². The van der Waals surface area contributed by atoms with Crippen molar-refractivity contribution in [3.8, 4) is 11.5 Å². The predicted octanol–water partition coefficient (Wildman–Crippen LogP) is 3.28. The summed E-state index contributed by atoms with van der Waals surface area (Å²) in [6.07, 6.45) is -1.03. The number of carbonyl (C=O) groups is 2. The molecule has 2 aliphatic rings. The zero-order chi connectivity index (χ0) is 23.2. The van der Waals surface area contributed by atoms with E-state index in [9.17, 15) is 9.59 Å². The quantitative estimate of drug-likeness (QED) is 0.429. The first kappa shape index (κ1) is 25.5. The van der Waals surface area contributed by atoms with Crippen LogP contribution in [0.3, 0.4) is 0 Å². The van der Waals surface area contributed by atoms with Gasteiger partial charge < -0.3 is 34.3 Å². The zero-order valence-corrected chi connectivity index (χ0v) is 21.0. The molecule has 31 heavy (non-hydrogen) atoms. The Morgan fingerprint density at radius 1 is 1.29 bits per heavy atom. The van der Waals surface area contributed by atoms with Crippen LogP contribution in [0.5, 0.6) is 11.5 Å². The van der Waals surface area contributed by atoms with Gasteiger partial charge in [-0.25, -0.2) is 4.79 Å². The minimum atomic E-state index is -1.31. The van der Waals surface area contributed by atoms with E-state index in [0.29, 0.717) is 17.2 Å². The topological polar surface area (TPSA) is 104 Å². The van der Waals surface area contributed by atoms with Crippen molar-refractivity contribution < 1.29 is 33.3 Å². The first-order valence-electron chi connectivity index (χ1n) is 9.89. The van der Waals surface area contributed by atoms with Gasteiger partial charge in [0.05, 0.1) is 12.7 Å². The van der Waals surface area contributed by atoms with Crippen LogP contribution in [0.4, 0.5) is 10.5 Å². The van der Waals surface area contributed by atoms with Crippen molar-refractivity contribution in [1.82, 2.24) is 5.32 Å². The second-order valence-electron chi connectivity index (χ2n) is 8.15. The summed E-state index contributed by atoms with van der Waals surface area (Å²) < 4.78 is 27.3. The second-order valence-corrected chi connectivity index (χ2v) is 9.23. The fourth-order valence-electron chi connectivity index (χ4n) is 3.16. The summed E-state index contributed by atoms with van der Waals surface area (Å²) in [5, 5.41) is 5.57. The van der Waals surface area contributed by atoms with Crippen molar-refractivity contribution in [2.45, 2.75) is 51.4 Å². The smallest absolute Gasteiger partial charge is 0.408 e. The molecule has 2 amide bonds. The number of halogens is 1. The number of benzene rings is 1. The first-order chi connectivity index (χ1) is 14.6. The minimum absolute atomic E-state index is 0.141. The van der Waals surface area contributed by atoms with E-state index in [1.165, 1.54) is 7.11 Å². The van der Waals surface area contributed by atoms with Gasteiger partial charge in [-0.3, -0.25) is 4.79 Å². The Kier molecular flexibility index (Phi) is 8.78. The maximum atomic E-state index is 12.9. The average Bonchev–Trinajstić information content (AvgIpc) is 3.13. The highest BCUT2D eigenvalue weighted by Gasteiger charge is 2.49. The summed E-state index contributed by atoms with van der Waals surface area (Å²) in [7, 11) is 3.20. The number of hydrogen-bond acceptors (Lipinski definition) is 7. The molecule has 0 fully saturated rings. The molecule has 0 aromatic heterocycles. The van der Waals surface area contributed by atoms with Crippen molar-refractivity contribution in [3.05, 3.63) is 17.7 Å². The Bertz CT molecular complexity index is 795. The number of hydrogen-bond donors (Lipinski definition) is 2. The molecule has 0 aliphatic carbocycles. The third kappa shape index (κ3) is 6.36. The van der Waals surface area contributed by atoms with Crippen molar-refractivity contribution in [1.29, 1.82) is 0 Å². The normalized spacial score (nSPS) is 20.0. The van der Waals surface area contributed by atoms with Gasteiger partial charge in [-0.05, 0) is 39.3 Å². The molecule has 1 aromatic carbocycles. The van der Waals surface area contributed by atoms with E-state index in [0.717, 1.165) is 16.6 Å². The third-order valence-corrected chi connectivity index (χ3v) is 5.21. The SMILES string of the molecule is COC(C)C1(NC(=O)OC(C)(C)C)Cc2cc3c(cc2NC1=O)OCO3.COCCI. The monoisotopic (exact) mass is 550 g/mol. The highest BCUT2D eigenvalue weighted by Crippen LogP contribution is 2.41.